The van der Waals surface area contributed by atoms with Gasteiger partial charge in [0.2, 0.25) is 5.91 Å². The molecule has 10 heteroatoms. The molecule has 28 heavy (non-hydrogen) atoms. The minimum Gasteiger partial charge on any atom is -0.301 e. The Morgan fingerprint density at radius 3 is 2.64 bits per heavy atom. The van der Waals surface area contributed by atoms with E-state index in [9.17, 15) is 23.2 Å². The highest BCUT2D eigenvalue weighted by Gasteiger charge is 2.36. The Labute approximate surface area is 166 Å². The predicted octanol–water partition coefficient (Wildman–Crippen LogP) is 4.83. The molecular formula is C18H11F3N4OS2. The van der Waals surface area contributed by atoms with Crippen molar-refractivity contribution < 1.29 is 18.0 Å². The van der Waals surface area contributed by atoms with E-state index in [1.54, 1.807) is 41.8 Å². The molecule has 5 nitrogen and oxygen atoms in total. The lowest BCUT2D eigenvalue weighted by Gasteiger charge is -2.14. The van der Waals surface area contributed by atoms with E-state index in [0.29, 0.717) is 10.7 Å². The number of benzene rings is 1. The number of hydrogen-bond donors (Lipinski definition) is 1. The standard InChI is InChI=1S/C18H11F3N4OS2/c19-18(20,21)13-8-14(11-4-2-1-3-5-11)24-16(12(13)9-22)28-10-15(26)25-17-23-6-7-27-17/h1-8H,10H2,(H,23,25,26). The molecule has 2 aromatic heterocycles. The van der Waals surface area contributed by atoms with Gasteiger partial charge in [0.1, 0.15) is 11.1 Å². The van der Waals surface area contributed by atoms with E-state index in [1.807, 2.05) is 0 Å². The molecule has 3 rings (SSSR count). The van der Waals surface area contributed by atoms with Gasteiger partial charge < -0.3 is 5.32 Å². The van der Waals surface area contributed by atoms with Crippen molar-refractivity contribution in [2.75, 3.05) is 11.1 Å². The number of aromatic nitrogens is 2. The van der Waals surface area contributed by atoms with Gasteiger partial charge in [-0.3, -0.25) is 4.79 Å². The molecule has 0 saturated heterocycles. The van der Waals surface area contributed by atoms with Crippen molar-refractivity contribution >= 4 is 34.1 Å². The van der Waals surface area contributed by atoms with Gasteiger partial charge in [-0.1, -0.05) is 42.1 Å². The zero-order chi connectivity index (χ0) is 20.1. The van der Waals surface area contributed by atoms with Crippen LogP contribution in [-0.4, -0.2) is 21.6 Å². The zero-order valence-electron chi connectivity index (χ0n) is 14.0. The second-order valence-electron chi connectivity index (χ2n) is 5.38. The van der Waals surface area contributed by atoms with Crippen molar-refractivity contribution in [3.8, 4) is 17.3 Å². The van der Waals surface area contributed by atoms with E-state index in [1.165, 1.54) is 17.5 Å². The van der Waals surface area contributed by atoms with Crippen LogP contribution >= 0.6 is 23.1 Å². The normalized spacial score (nSPS) is 11.1. The number of nitrogens with zero attached hydrogens (tertiary/aromatic N) is 3. The molecule has 0 radical (unpaired) electrons. The van der Waals surface area contributed by atoms with Crippen LogP contribution in [0.1, 0.15) is 11.1 Å². The number of thiazole rings is 1. The van der Waals surface area contributed by atoms with Crippen LogP contribution in [0, 0.1) is 11.3 Å². The first-order valence-electron chi connectivity index (χ1n) is 7.78. The summed E-state index contributed by atoms with van der Waals surface area (Å²) in [4.78, 5) is 20.1. The summed E-state index contributed by atoms with van der Waals surface area (Å²) < 4.78 is 40.5. The number of nitrogens with one attached hydrogen (secondary N) is 1. The Kier molecular flexibility index (Phi) is 5.96. The first-order chi connectivity index (χ1) is 13.4. The van der Waals surface area contributed by atoms with Crippen molar-refractivity contribution in [3.63, 3.8) is 0 Å². The fourth-order valence-electron chi connectivity index (χ4n) is 2.29. The molecule has 2 heterocycles. The van der Waals surface area contributed by atoms with Gasteiger partial charge in [0, 0.05) is 17.1 Å². The van der Waals surface area contributed by atoms with Crippen LogP contribution < -0.4 is 5.32 Å². The van der Waals surface area contributed by atoms with Gasteiger partial charge >= 0.3 is 6.18 Å². The molecule has 0 aliphatic heterocycles. The highest BCUT2D eigenvalue weighted by Crippen LogP contribution is 2.37. The molecule has 0 atom stereocenters. The number of carbonyl (C=O) groups excluding carboxylic acids is 1. The van der Waals surface area contributed by atoms with E-state index in [-0.39, 0.29) is 16.5 Å². The lowest BCUT2D eigenvalue weighted by molar-refractivity contribution is -0.138. The summed E-state index contributed by atoms with van der Waals surface area (Å²) in [6, 6.07) is 10.8. The monoisotopic (exact) mass is 420 g/mol. The third kappa shape index (κ3) is 4.68. The first-order valence-corrected chi connectivity index (χ1v) is 9.65. The van der Waals surface area contributed by atoms with Gasteiger partial charge in [-0.05, 0) is 6.07 Å². The van der Waals surface area contributed by atoms with Gasteiger partial charge in [-0.15, -0.1) is 11.3 Å². The van der Waals surface area contributed by atoms with Gasteiger partial charge in [0.05, 0.1) is 22.6 Å². The quantitative estimate of drug-likeness (QED) is 0.599. The van der Waals surface area contributed by atoms with Gasteiger partial charge in [0.25, 0.3) is 0 Å². The summed E-state index contributed by atoms with van der Waals surface area (Å²) in [5, 5.41) is 13.7. The summed E-state index contributed by atoms with van der Waals surface area (Å²) >= 11 is 1.99. The third-order valence-corrected chi connectivity index (χ3v) is 5.16. The minimum absolute atomic E-state index is 0.0785. The van der Waals surface area contributed by atoms with Crippen molar-refractivity contribution in [1.29, 1.82) is 5.26 Å². The Balaban J connectivity index is 1.94. The molecule has 1 aromatic carbocycles. The molecule has 0 aliphatic rings. The molecular weight excluding hydrogens is 409 g/mol. The van der Waals surface area contributed by atoms with Crippen LogP contribution in [0.3, 0.4) is 0 Å². The van der Waals surface area contributed by atoms with Crippen molar-refractivity contribution in [3.05, 3.63) is 59.1 Å². The highest BCUT2D eigenvalue weighted by molar-refractivity contribution is 8.00. The Bertz CT molecular complexity index is 1020. The molecule has 0 saturated carbocycles. The molecule has 3 aromatic rings. The molecule has 142 valence electrons. The van der Waals surface area contributed by atoms with E-state index in [2.05, 4.69) is 15.3 Å². The number of nitriles is 1. The number of thioether (sulfide) groups is 1. The fourth-order valence-corrected chi connectivity index (χ4v) is 3.64. The van der Waals surface area contributed by atoms with Crippen molar-refractivity contribution in [1.82, 2.24) is 9.97 Å². The van der Waals surface area contributed by atoms with E-state index >= 15 is 0 Å². The first kappa shape index (κ1) is 19.9. The SMILES string of the molecule is N#Cc1c(C(F)(F)F)cc(-c2ccccc2)nc1SCC(=O)Nc1nccs1. The Morgan fingerprint density at radius 1 is 1.29 bits per heavy atom. The second-order valence-corrected chi connectivity index (χ2v) is 7.24. The molecule has 1 N–H and O–H groups in total. The van der Waals surface area contributed by atoms with Crippen LogP contribution in [0.5, 0.6) is 0 Å². The number of carbonyl (C=O) groups is 1. The molecule has 0 spiro atoms. The average molecular weight is 420 g/mol. The maximum atomic E-state index is 13.5. The predicted molar refractivity (Wildman–Crippen MR) is 101 cm³/mol. The van der Waals surface area contributed by atoms with Crippen molar-refractivity contribution in [2.45, 2.75) is 11.2 Å². The maximum absolute atomic E-state index is 13.5. The summed E-state index contributed by atoms with van der Waals surface area (Å²) in [5.74, 6) is -0.666. The lowest BCUT2D eigenvalue weighted by Crippen LogP contribution is -2.15. The zero-order valence-corrected chi connectivity index (χ0v) is 15.7. The number of hydrogen-bond acceptors (Lipinski definition) is 6. The van der Waals surface area contributed by atoms with Gasteiger partial charge in [0.15, 0.2) is 5.13 Å². The Morgan fingerprint density at radius 2 is 2.04 bits per heavy atom. The Hall–Kier alpha value is -2.90. The van der Waals surface area contributed by atoms with Crippen LogP contribution in [-0.2, 0) is 11.0 Å². The summed E-state index contributed by atoms with van der Waals surface area (Å²) in [6.07, 6.45) is -3.21. The van der Waals surface area contributed by atoms with Crippen LogP contribution in [0.15, 0.2) is 53.0 Å². The molecule has 1 amide bonds. The molecule has 0 fully saturated rings. The lowest BCUT2D eigenvalue weighted by atomic mass is 10.1. The van der Waals surface area contributed by atoms with E-state index in [4.69, 9.17) is 0 Å². The number of halogens is 3. The number of amides is 1. The van der Waals surface area contributed by atoms with Crippen LogP contribution in [0.4, 0.5) is 18.3 Å². The average Bonchev–Trinajstić information content (AvgIpc) is 3.18. The summed E-state index contributed by atoms with van der Waals surface area (Å²) in [5.41, 5.74) is -1.12. The van der Waals surface area contributed by atoms with Crippen LogP contribution in [0.25, 0.3) is 11.3 Å². The number of alkyl halides is 3. The molecule has 0 unspecified atom stereocenters. The van der Waals surface area contributed by atoms with Gasteiger partial charge in [-0.2, -0.15) is 18.4 Å². The number of rotatable bonds is 5. The maximum Gasteiger partial charge on any atom is 0.417 e. The highest BCUT2D eigenvalue weighted by atomic mass is 32.2. The summed E-state index contributed by atoms with van der Waals surface area (Å²) in [7, 11) is 0. The second kappa shape index (κ2) is 8.41. The summed E-state index contributed by atoms with van der Waals surface area (Å²) in [6.45, 7) is 0. The van der Waals surface area contributed by atoms with E-state index in [0.717, 1.165) is 17.8 Å². The minimum atomic E-state index is -4.73. The number of anilines is 1. The molecule has 0 bridgehead atoms. The third-order valence-electron chi connectivity index (χ3n) is 3.49. The van der Waals surface area contributed by atoms with Crippen molar-refractivity contribution in [2.24, 2.45) is 0 Å². The largest absolute Gasteiger partial charge is 0.417 e. The van der Waals surface area contributed by atoms with Gasteiger partial charge in [-0.25, -0.2) is 9.97 Å². The number of pyridine rings is 1. The fraction of sp³-hybridized carbons (Fsp3) is 0.111. The van der Waals surface area contributed by atoms with Crippen LogP contribution in [0.2, 0.25) is 0 Å². The molecule has 0 aliphatic carbocycles. The van der Waals surface area contributed by atoms with E-state index < -0.39 is 23.2 Å². The smallest absolute Gasteiger partial charge is 0.301 e. The topological polar surface area (TPSA) is 78.7 Å².